The Hall–Kier alpha value is -0.570. The second-order valence-electron chi connectivity index (χ2n) is 5.63. The standard InChI is InChI=1S/C14H26N2O/c15-11-12-7-6-8-13(12)14(17)16-9-4-2-1-3-5-10-16/h12-13H,1-11,15H2/t12-,13-/m1/s1. The molecule has 1 amide bonds. The summed E-state index contributed by atoms with van der Waals surface area (Å²) >= 11 is 0. The third-order valence-corrected chi connectivity index (χ3v) is 4.45. The fraction of sp³-hybridized carbons (Fsp3) is 0.929. The van der Waals surface area contributed by atoms with Gasteiger partial charge in [0.05, 0.1) is 0 Å². The molecule has 2 atom stereocenters. The van der Waals surface area contributed by atoms with Crippen molar-refractivity contribution in [1.82, 2.24) is 4.90 Å². The lowest BCUT2D eigenvalue weighted by Crippen LogP contribution is -2.40. The average Bonchev–Trinajstić information content (AvgIpc) is 2.75. The van der Waals surface area contributed by atoms with Crippen molar-refractivity contribution < 1.29 is 4.79 Å². The second-order valence-corrected chi connectivity index (χ2v) is 5.63. The summed E-state index contributed by atoms with van der Waals surface area (Å²) in [4.78, 5) is 14.6. The van der Waals surface area contributed by atoms with Gasteiger partial charge in [0.1, 0.15) is 0 Å². The minimum absolute atomic E-state index is 0.236. The molecule has 2 aliphatic rings. The van der Waals surface area contributed by atoms with Crippen LogP contribution in [0.15, 0.2) is 0 Å². The van der Waals surface area contributed by atoms with Gasteiger partial charge in [-0.05, 0) is 38.1 Å². The van der Waals surface area contributed by atoms with E-state index in [1.54, 1.807) is 0 Å². The third kappa shape index (κ3) is 3.21. The normalized spacial score (nSPS) is 31.0. The van der Waals surface area contributed by atoms with Crippen LogP contribution < -0.4 is 5.73 Å². The summed E-state index contributed by atoms with van der Waals surface area (Å²) in [5.74, 6) is 1.09. The fourth-order valence-electron chi connectivity index (χ4n) is 3.35. The first-order valence-corrected chi connectivity index (χ1v) is 7.32. The van der Waals surface area contributed by atoms with Gasteiger partial charge in [-0.15, -0.1) is 0 Å². The van der Waals surface area contributed by atoms with Crippen LogP contribution in [0.1, 0.15) is 51.4 Å². The SMILES string of the molecule is NC[C@H]1CCC[C@H]1C(=O)N1CCCCCCC1. The lowest BCUT2D eigenvalue weighted by atomic mass is 9.94. The molecule has 2 rings (SSSR count). The van der Waals surface area contributed by atoms with Crippen molar-refractivity contribution in [1.29, 1.82) is 0 Å². The zero-order valence-electron chi connectivity index (χ0n) is 10.9. The molecule has 0 aromatic rings. The van der Waals surface area contributed by atoms with Gasteiger partial charge in [0.25, 0.3) is 0 Å². The van der Waals surface area contributed by atoms with E-state index in [1.165, 1.54) is 38.5 Å². The Morgan fingerprint density at radius 2 is 1.65 bits per heavy atom. The number of amides is 1. The van der Waals surface area contributed by atoms with Gasteiger partial charge in [-0.25, -0.2) is 0 Å². The van der Waals surface area contributed by atoms with Crippen LogP contribution in [0.25, 0.3) is 0 Å². The minimum Gasteiger partial charge on any atom is -0.342 e. The Morgan fingerprint density at radius 1 is 1.00 bits per heavy atom. The summed E-state index contributed by atoms with van der Waals surface area (Å²) < 4.78 is 0. The Balaban J connectivity index is 1.92. The Bertz CT molecular complexity index is 247. The van der Waals surface area contributed by atoms with Crippen molar-refractivity contribution in [3.8, 4) is 0 Å². The van der Waals surface area contributed by atoms with Gasteiger partial charge >= 0.3 is 0 Å². The zero-order chi connectivity index (χ0) is 12.1. The van der Waals surface area contributed by atoms with Gasteiger partial charge in [0.15, 0.2) is 0 Å². The number of nitrogens with two attached hydrogens (primary N) is 1. The number of hydrogen-bond acceptors (Lipinski definition) is 2. The van der Waals surface area contributed by atoms with Gasteiger partial charge in [-0.3, -0.25) is 4.79 Å². The van der Waals surface area contributed by atoms with E-state index in [2.05, 4.69) is 4.90 Å². The maximum atomic E-state index is 12.5. The number of carbonyl (C=O) groups excluding carboxylic acids is 1. The largest absolute Gasteiger partial charge is 0.342 e. The molecule has 3 nitrogen and oxygen atoms in total. The van der Waals surface area contributed by atoms with Gasteiger partial charge in [0.2, 0.25) is 5.91 Å². The van der Waals surface area contributed by atoms with Crippen LogP contribution >= 0.6 is 0 Å². The number of nitrogens with zero attached hydrogens (tertiary/aromatic N) is 1. The molecule has 1 saturated carbocycles. The Kier molecular flexibility index (Phi) is 4.84. The second kappa shape index (κ2) is 6.39. The van der Waals surface area contributed by atoms with E-state index in [-0.39, 0.29) is 5.92 Å². The molecule has 2 N–H and O–H groups in total. The molecular formula is C14H26N2O. The van der Waals surface area contributed by atoms with Gasteiger partial charge < -0.3 is 10.6 Å². The van der Waals surface area contributed by atoms with E-state index in [0.29, 0.717) is 18.4 Å². The molecule has 98 valence electrons. The molecule has 3 heteroatoms. The predicted octanol–water partition coefficient (Wildman–Crippen LogP) is 2.15. The van der Waals surface area contributed by atoms with Crippen LogP contribution in [0.5, 0.6) is 0 Å². The number of hydrogen-bond donors (Lipinski definition) is 1. The summed E-state index contributed by atoms with van der Waals surface area (Å²) in [6, 6.07) is 0. The van der Waals surface area contributed by atoms with Crippen LogP contribution in [0, 0.1) is 11.8 Å². The third-order valence-electron chi connectivity index (χ3n) is 4.45. The quantitative estimate of drug-likeness (QED) is 0.801. The average molecular weight is 238 g/mol. The summed E-state index contributed by atoms with van der Waals surface area (Å²) in [6.45, 7) is 2.64. The van der Waals surface area contributed by atoms with E-state index >= 15 is 0 Å². The van der Waals surface area contributed by atoms with Gasteiger partial charge in [-0.1, -0.05) is 25.7 Å². The smallest absolute Gasteiger partial charge is 0.226 e. The van der Waals surface area contributed by atoms with E-state index < -0.39 is 0 Å². The van der Waals surface area contributed by atoms with Gasteiger partial charge in [0, 0.05) is 19.0 Å². The van der Waals surface area contributed by atoms with Crippen LogP contribution in [0.4, 0.5) is 0 Å². The monoisotopic (exact) mass is 238 g/mol. The predicted molar refractivity (Wildman–Crippen MR) is 69.6 cm³/mol. The maximum Gasteiger partial charge on any atom is 0.226 e. The molecule has 1 aliphatic carbocycles. The highest BCUT2D eigenvalue weighted by Gasteiger charge is 2.34. The van der Waals surface area contributed by atoms with Crippen LogP contribution in [0.3, 0.4) is 0 Å². The molecule has 1 saturated heterocycles. The van der Waals surface area contributed by atoms with Crippen LogP contribution in [-0.4, -0.2) is 30.4 Å². The van der Waals surface area contributed by atoms with Crippen molar-refractivity contribution >= 4 is 5.91 Å². The van der Waals surface area contributed by atoms with E-state index in [9.17, 15) is 4.79 Å². The number of rotatable bonds is 2. The van der Waals surface area contributed by atoms with Crippen LogP contribution in [0.2, 0.25) is 0 Å². The topological polar surface area (TPSA) is 46.3 Å². The molecule has 17 heavy (non-hydrogen) atoms. The van der Waals surface area contributed by atoms with Crippen molar-refractivity contribution in [2.24, 2.45) is 17.6 Å². The lowest BCUT2D eigenvalue weighted by molar-refractivity contribution is -0.137. The van der Waals surface area contributed by atoms with E-state index in [0.717, 1.165) is 25.9 Å². The highest BCUT2D eigenvalue weighted by atomic mass is 16.2. The first kappa shape index (κ1) is 12.9. The van der Waals surface area contributed by atoms with Crippen LogP contribution in [-0.2, 0) is 4.79 Å². The Morgan fingerprint density at radius 3 is 2.29 bits per heavy atom. The molecule has 1 heterocycles. The first-order chi connectivity index (χ1) is 8.33. The number of carbonyl (C=O) groups is 1. The zero-order valence-corrected chi connectivity index (χ0v) is 10.9. The van der Waals surface area contributed by atoms with E-state index in [1.807, 2.05) is 0 Å². The molecule has 0 aromatic heterocycles. The molecule has 0 aromatic carbocycles. The highest BCUT2D eigenvalue weighted by molar-refractivity contribution is 5.79. The summed E-state index contributed by atoms with van der Waals surface area (Å²) in [5, 5.41) is 0. The molecule has 0 radical (unpaired) electrons. The molecule has 0 spiro atoms. The van der Waals surface area contributed by atoms with Crippen molar-refractivity contribution in [2.45, 2.75) is 51.4 Å². The summed E-state index contributed by atoms with van der Waals surface area (Å²) in [6.07, 6.45) is 9.70. The Labute approximate surface area is 105 Å². The first-order valence-electron chi connectivity index (χ1n) is 7.32. The molecule has 0 unspecified atom stereocenters. The molecule has 0 bridgehead atoms. The minimum atomic E-state index is 0.236. The molecule has 1 aliphatic heterocycles. The molecular weight excluding hydrogens is 212 g/mol. The van der Waals surface area contributed by atoms with Gasteiger partial charge in [-0.2, -0.15) is 0 Å². The summed E-state index contributed by atoms with van der Waals surface area (Å²) in [7, 11) is 0. The van der Waals surface area contributed by atoms with Crippen molar-refractivity contribution in [3.05, 3.63) is 0 Å². The van der Waals surface area contributed by atoms with Crippen molar-refractivity contribution in [3.63, 3.8) is 0 Å². The lowest BCUT2D eigenvalue weighted by Gasteiger charge is -2.29. The van der Waals surface area contributed by atoms with Crippen molar-refractivity contribution in [2.75, 3.05) is 19.6 Å². The summed E-state index contributed by atoms with van der Waals surface area (Å²) in [5.41, 5.74) is 5.78. The van der Waals surface area contributed by atoms with E-state index in [4.69, 9.17) is 5.73 Å². The highest BCUT2D eigenvalue weighted by Crippen LogP contribution is 2.32. The molecule has 2 fully saturated rings. The fourth-order valence-corrected chi connectivity index (χ4v) is 3.35. The maximum absolute atomic E-state index is 12.5. The number of likely N-dealkylation sites (tertiary alicyclic amines) is 1.